The van der Waals surface area contributed by atoms with Crippen molar-refractivity contribution in [3.63, 3.8) is 0 Å². The third-order valence-electron chi connectivity index (χ3n) is 4.00. The highest BCUT2D eigenvalue weighted by Gasteiger charge is 2.42. The Morgan fingerprint density at radius 3 is 3.04 bits per heavy atom. The summed E-state index contributed by atoms with van der Waals surface area (Å²) in [5.41, 5.74) is 0.450. The Balaban J connectivity index is 2.05. The predicted molar refractivity (Wildman–Crippen MR) is 86.8 cm³/mol. The first-order valence-corrected chi connectivity index (χ1v) is 8.57. The Hall–Kier alpha value is -1.84. The molecule has 3 rings (SSSR count). The number of thiazole rings is 1. The van der Waals surface area contributed by atoms with Crippen molar-refractivity contribution < 1.29 is 19.4 Å². The molecule has 9 heteroatoms. The van der Waals surface area contributed by atoms with Gasteiger partial charge in [0.15, 0.2) is 11.9 Å². The molecule has 0 radical (unpaired) electrons. The number of nitrogens with zero attached hydrogens (tertiary/aromatic N) is 3. The first kappa shape index (κ1) is 17.0. The molecule has 0 aromatic carbocycles. The Morgan fingerprint density at radius 1 is 1.62 bits per heavy atom. The largest absolute Gasteiger partial charge is 0.458 e. The van der Waals surface area contributed by atoms with Crippen LogP contribution in [0.4, 0.5) is 0 Å². The zero-order valence-electron chi connectivity index (χ0n) is 13.6. The Bertz CT molecular complexity index is 817. The molecule has 0 saturated carbocycles. The topological polar surface area (TPSA) is 104 Å². The number of carbonyl (C=O) groups is 1. The standard InChI is InChI=1S/C15H19N3O5S/c1-4-9(20)10-5-11(22-8(3)19)14(23-10)18-13-12(24-15(18)21)6-16-7(2)17-13/h6,9-11,14,20H,4-5H2,1-3H3/t9-,10-,11+,14+/m0/s1. The van der Waals surface area contributed by atoms with Crippen molar-refractivity contribution in [2.24, 2.45) is 0 Å². The van der Waals surface area contributed by atoms with E-state index in [2.05, 4.69) is 9.97 Å². The van der Waals surface area contributed by atoms with E-state index in [0.29, 0.717) is 29.0 Å². The van der Waals surface area contributed by atoms with Crippen molar-refractivity contribution in [1.82, 2.24) is 14.5 Å². The maximum absolute atomic E-state index is 12.4. The van der Waals surface area contributed by atoms with Crippen LogP contribution in [0.1, 0.15) is 38.7 Å². The normalized spacial score (nSPS) is 25.1. The molecule has 130 valence electrons. The zero-order chi connectivity index (χ0) is 17.4. The van der Waals surface area contributed by atoms with Crippen molar-refractivity contribution in [2.75, 3.05) is 0 Å². The van der Waals surface area contributed by atoms with Gasteiger partial charge in [0, 0.05) is 13.3 Å². The van der Waals surface area contributed by atoms with Crippen LogP contribution in [0.25, 0.3) is 10.3 Å². The van der Waals surface area contributed by atoms with E-state index in [1.165, 1.54) is 11.5 Å². The van der Waals surface area contributed by atoms with Crippen LogP contribution in [0.5, 0.6) is 0 Å². The zero-order valence-corrected chi connectivity index (χ0v) is 14.4. The lowest BCUT2D eigenvalue weighted by molar-refractivity contribution is -0.152. The van der Waals surface area contributed by atoms with Crippen LogP contribution < -0.4 is 4.87 Å². The van der Waals surface area contributed by atoms with E-state index in [0.717, 1.165) is 11.3 Å². The van der Waals surface area contributed by atoms with Gasteiger partial charge in [-0.15, -0.1) is 0 Å². The van der Waals surface area contributed by atoms with Crippen LogP contribution in [0.15, 0.2) is 11.0 Å². The number of esters is 1. The second-order valence-corrected chi connectivity index (χ2v) is 6.76. The summed E-state index contributed by atoms with van der Waals surface area (Å²) in [7, 11) is 0. The van der Waals surface area contributed by atoms with E-state index < -0.39 is 30.5 Å². The molecule has 0 aliphatic carbocycles. The molecule has 1 N–H and O–H groups in total. The summed E-state index contributed by atoms with van der Waals surface area (Å²) in [6, 6.07) is 0. The third kappa shape index (κ3) is 3.06. The number of rotatable bonds is 4. The SMILES string of the molecule is CC[C@H](O)[C@@H]1C[C@@H](OC(C)=O)[C@H](n2c(=O)sc3cnc(C)nc32)O1. The van der Waals surface area contributed by atoms with Gasteiger partial charge in [-0.25, -0.2) is 9.97 Å². The van der Waals surface area contributed by atoms with Crippen molar-refractivity contribution in [3.05, 3.63) is 21.7 Å². The summed E-state index contributed by atoms with van der Waals surface area (Å²) in [5, 5.41) is 10.1. The number of hydrogen-bond acceptors (Lipinski definition) is 8. The van der Waals surface area contributed by atoms with Crippen LogP contribution in [0.2, 0.25) is 0 Å². The number of ether oxygens (including phenoxy) is 2. The lowest BCUT2D eigenvalue weighted by Crippen LogP contribution is -2.30. The van der Waals surface area contributed by atoms with E-state index in [1.807, 2.05) is 6.92 Å². The Morgan fingerprint density at radius 2 is 2.38 bits per heavy atom. The second-order valence-electron chi connectivity index (χ2n) is 5.77. The first-order valence-electron chi connectivity index (χ1n) is 7.76. The van der Waals surface area contributed by atoms with Gasteiger partial charge in [-0.2, -0.15) is 0 Å². The molecule has 2 aromatic rings. The number of carbonyl (C=O) groups excluding carboxylic acids is 1. The molecular formula is C15H19N3O5S. The minimum Gasteiger partial charge on any atom is -0.458 e. The van der Waals surface area contributed by atoms with Gasteiger partial charge in [0.25, 0.3) is 0 Å². The summed E-state index contributed by atoms with van der Waals surface area (Å²) in [4.78, 5) is 32.0. The highest BCUT2D eigenvalue weighted by atomic mass is 32.1. The van der Waals surface area contributed by atoms with E-state index in [9.17, 15) is 14.7 Å². The lowest BCUT2D eigenvalue weighted by Gasteiger charge is -2.20. The van der Waals surface area contributed by atoms with Gasteiger partial charge in [0.1, 0.15) is 11.9 Å². The number of fused-ring (bicyclic) bond motifs is 1. The third-order valence-corrected chi connectivity index (χ3v) is 4.87. The van der Waals surface area contributed by atoms with Crippen molar-refractivity contribution in [2.45, 2.75) is 58.2 Å². The predicted octanol–water partition coefficient (Wildman–Crippen LogP) is 1.15. The molecule has 8 nitrogen and oxygen atoms in total. The van der Waals surface area contributed by atoms with Gasteiger partial charge in [0.05, 0.1) is 23.1 Å². The van der Waals surface area contributed by atoms with Gasteiger partial charge in [-0.1, -0.05) is 18.3 Å². The molecule has 0 unspecified atom stereocenters. The first-order chi connectivity index (χ1) is 11.4. The average Bonchev–Trinajstić information content (AvgIpc) is 3.05. The molecule has 0 bridgehead atoms. The number of aromatic nitrogens is 3. The summed E-state index contributed by atoms with van der Waals surface area (Å²) in [5.74, 6) is 0.0693. The number of aliphatic hydroxyl groups is 1. The van der Waals surface area contributed by atoms with E-state index >= 15 is 0 Å². The minimum atomic E-state index is -0.810. The molecule has 1 aliphatic heterocycles. The van der Waals surface area contributed by atoms with Crippen LogP contribution in [-0.2, 0) is 14.3 Å². The highest BCUT2D eigenvalue weighted by molar-refractivity contribution is 7.16. The number of aryl methyl sites for hydroxylation is 1. The molecule has 4 atom stereocenters. The fraction of sp³-hybridized carbons (Fsp3) is 0.600. The quantitative estimate of drug-likeness (QED) is 0.822. The molecule has 0 amide bonds. The number of hydrogen-bond donors (Lipinski definition) is 1. The summed E-state index contributed by atoms with van der Waals surface area (Å²) in [6.45, 7) is 4.88. The molecule has 1 aliphatic rings. The van der Waals surface area contributed by atoms with Crippen molar-refractivity contribution in [1.29, 1.82) is 0 Å². The Kier molecular flexibility index (Phi) is 4.66. The molecule has 24 heavy (non-hydrogen) atoms. The van der Waals surface area contributed by atoms with Gasteiger partial charge in [0.2, 0.25) is 0 Å². The van der Waals surface area contributed by atoms with E-state index in [-0.39, 0.29) is 4.87 Å². The fourth-order valence-corrected chi connectivity index (χ4v) is 3.69. The molecule has 0 spiro atoms. The molecule has 2 aromatic heterocycles. The maximum Gasteiger partial charge on any atom is 0.311 e. The van der Waals surface area contributed by atoms with Gasteiger partial charge in [-0.3, -0.25) is 14.2 Å². The van der Waals surface area contributed by atoms with Gasteiger partial charge >= 0.3 is 10.8 Å². The summed E-state index contributed by atoms with van der Waals surface area (Å²) >= 11 is 1.01. The number of aliphatic hydroxyl groups excluding tert-OH is 1. The molecular weight excluding hydrogens is 334 g/mol. The maximum atomic E-state index is 12.4. The fourth-order valence-electron chi connectivity index (χ4n) is 2.87. The summed E-state index contributed by atoms with van der Waals surface area (Å²) in [6.07, 6.45) is -0.235. The lowest BCUT2D eigenvalue weighted by atomic mass is 10.1. The average molecular weight is 353 g/mol. The molecule has 1 fully saturated rings. The second kappa shape index (κ2) is 6.58. The minimum absolute atomic E-state index is 0.265. The molecule has 3 heterocycles. The monoisotopic (exact) mass is 353 g/mol. The van der Waals surface area contributed by atoms with Crippen LogP contribution in [0, 0.1) is 6.92 Å². The Labute approximate surface area is 142 Å². The smallest absolute Gasteiger partial charge is 0.311 e. The van der Waals surface area contributed by atoms with Gasteiger partial charge < -0.3 is 14.6 Å². The van der Waals surface area contributed by atoms with Crippen LogP contribution in [-0.4, -0.2) is 43.9 Å². The van der Waals surface area contributed by atoms with E-state index in [1.54, 1.807) is 13.1 Å². The van der Waals surface area contributed by atoms with E-state index in [4.69, 9.17) is 9.47 Å². The summed E-state index contributed by atoms with van der Waals surface area (Å²) < 4.78 is 13.2. The van der Waals surface area contributed by atoms with Crippen LogP contribution >= 0.6 is 11.3 Å². The van der Waals surface area contributed by atoms with Gasteiger partial charge in [-0.05, 0) is 13.3 Å². The van der Waals surface area contributed by atoms with Crippen molar-refractivity contribution >= 4 is 27.7 Å². The van der Waals surface area contributed by atoms with Crippen LogP contribution in [0.3, 0.4) is 0 Å². The van der Waals surface area contributed by atoms with Crippen molar-refractivity contribution in [3.8, 4) is 0 Å². The highest BCUT2D eigenvalue weighted by Crippen LogP contribution is 2.35. The molecule has 1 saturated heterocycles.